The molecule has 0 amide bonds. The molecule has 3 nitrogen and oxygen atoms in total. The number of anilines is 1. The first kappa shape index (κ1) is 13.3. The highest BCUT2D eigenvalue weighted by Gasteiger charge is 2.74. The highest BCUT2D eigenvalue weighted by Crippen LogP contribution is 2.67. The van der Waals surface area contributed by atoms with Crippen molar-refractivity contribution in [1.82, 2.24) is 4.90 Å². The average Bonchev–Trinajstić information content (AvgIpc) is 3.22. The van der Waals surface area contributed by atoms with Crippen molar-refractivity contribution in [2.45, 2.75) is 62.3 Å². The van der Waals surface area contributed by atoms with Crippen LogP contribution in [0.4, 0.5) is 5.69 Å². The summed E-state index contributed by atoms with van der Waals surface area (Å²) in [6.07, 6.45) is 6.36. The lowest BCUT2D eigenvalue weighted by atomic mass is 9.52. The summed E-state index contributed by atoms with van der Waals surface area (Å²) in [5.74, 6) is 0. The van der Waals surface area contributed by atoms with Crippen LogP contribution in [-0.2, 0) is 10.2 Å². The number of para-hydroxylation sites is 1. The number of piperidine rings is 1. The summed E-state index contributed by atoms with van der Waals surface area (Å²) >= 11 is 0. The molecule has 5 aliphatic rings. The highest BCUT2D eigenvalue weighted by molar-refractivity contribution is 5.66. The van der Waals surface area contributed by atoms with Crippen LogP contribution in [-0.4, -0.2) is 49.3 Å². The quantitative estimate of drug-likeness (QED) is 0.744. The molecule has 6 rings (SSSR count). The number of ether oxygens (including phenoxy) is 1. The van der Waals surface area contributed by atoms with Gasteiger partial charge < -0.3 is 9.64 Å². The van der Waals surface area contributed by atoms with Gasteiger partial charge >= 0.3 is 0 Å². The second-order valence-electron chi connectivity index (χ2n) is 8.55. The number of rotatable bonds is 1. The largest absolute Gasteiger partial charge is 0.370 e. The second kappa shape index (κ2) is 3.94. The summed E-state index contributed by atoms with van der Waals surface area (Å²) in [5, 5.41) is 0. The van der Waals surface area contributed by atoms with Crippen molar-refractivity contribution in [3.63, 3.8) is 0 Å². The maximum absolute atomic E-state index is 6.20. The molecule has 0 aromatic heterocycles. The van der Waals surface area contributed by atoms with E-state index in [2.05, 4.69) is 48.0 Å². The van der Waals surface area contributed by atoms with Crippen molar-refractivity contribution in [3.8, 4) is 0 Å². The normalized spacial score (nSPS) is 49.4. The minimum absolute atomic E-state index is 0.344. The van der Waals surface area contributed by atoms with Crippen LogP contribution in [0, 0.1) is 5.41 Å². The monoisotopic (exact) mass is 310 g/mol. The van der Waals surface area contributed by atoms with E-state index >= 15 is 0 Å². The number of likely N-dealkylation sites (N-methyl/N-ethyl adjacent to an activating group) is 1. The number of benzene rings is 1. The molecule has 0 bridgehead atoms. The molecular formula is C20H26N2O. The van der Waals surface area contributed by atoms with Gasteiger partial charge in [0, 0.05) is 42.2 Å². The molecule has 23 heavy (non-hydrogen) atoms. The molecule has 1 aliphatic carbocycles. The van der Waals surface area contributed by atoms with Gasteiger partial charge in [-0.3, -0.25) is 4.90 Å². The van der Waals surface area contributed by atoms with Gasteiger partial charge in [-0.15, -0.1) is 0 Å². The molecule has 6 atom stereocenters. The van der Waals surface area contributed by atoms with E-state index in [1.54, 1.807) is 5.56 Å². The van der Waals surface area contributed by atoms with Crippen LogP contribution in [0.3, 0.4) is 0 Å². The molecule has 0 unspecified atom stereocenters. The van der Waals surface area contributed by atoms with Crippen LogP contribution in [0.1, 0.15) is 38.2 Å². The average molecular weight is 310 g/mol. The Balaban J connectivity index is 1.60. The number of hydrogen-bond acceptors (Lipinski definition) is 3. The zero-order valence-corrected chi connectivity index (χ0v) is 14.2. The Morgan fingerprint density at radius 2 is 2.13 bits per heavy atom. The molecule has 1 saturated carbocycles. The molecule has 3 saturated heterocycles. The molecule has 4 fully saturated rings. The van der Waals surface area contributed by atoms with E-state index in [0.717, 1.165) is 0 Å². The Kier molecular flexibility index (Phi) is 2.27. The van der Waals surface area contributed by atoms with Crippen molar-refractivity contribution < 1.29 is 4.74 Å². The lowest BCUT2D eigenvalue weighted by Gasteiger charge is -2.57. The Hall–Kier alpha value is -1.06. The van der Waals surface area contributed by atoms with E-state index in [-0.39, 0.29) is 0 Å². The fourth-order valence-electron chi connectivity index (χ4n) is 7.37. The topological polar surface area (TPSA) is 19.0 Å². The lowest BCUT2D eigenvalue weighted by Crippen LogP contribution is -2.66. The molecule has 0 N–H and O–H groups in total. The number of hydrogen-bond donors (Lipinski definition) is 0. The van der Waals surface area contributed by atoms with Crippen molar-refractivity contribution >= 4 is 5.69 Å². The standard InChI is InChI=1S/C20H26N2O/c1-3-19-9-8-16-20(13-6-4-5-7-14(13)21(16)2)10-11-22(18(19)20)12-15-17(19)23-15/h4-7,15-18H,3,8-12H2,1-2H3/t15-,16-,17-,18-,19+,20-/m1/s1. The summed E-state index contributed by atoms with van der Waals surface area (Å²) in [6, 6.07) is 10.6. The molecule has 3 heteroatoms. The van der Waals surface area contributed by atoms with Gasteiger partial charge in [-0.1, -0.05) is 25.1 Å². The van der Waals surface area contributed by atoms with Crippen LogP contribution < -0.4 is 4.90 Å². The van der Waals surface area contributed by atoms with Crippen LogP contribution in [0.5, 0.6) is 0 Å². The van der Waals surface area contributed by atoms with E-state index in [4.69, 9.17) is 4.74 Å². The third-order valence-electron chi connectivity index (χ3n) is 8.16. The van der Waals surface area contributed by atoms with Crippen molar-refractivity contribution in [3.05, 3.63) is 29.8 Å². The minimum atomic E-state index is 0.344. The van der Waals surface area contributed by atoms with Gasteiger partial charge in [0.05, 0.1) is 12.2 Å². The molecule has 4 aliphatic heterocycles. The Bertz CT molecular complexity index is 690. The maximum Gasteiger partial charge on any atom is 0.0974 e. The zero-order valence-electron chi connectivity index (χ0n) is 14.2. The van der Waals surface area contributed by atoms with Crippen LogP contribution in [0.25, 0.3) is 0 Å². The molecular weight excluding hydrogens is 284 g/mol. The van der Waals surface area contributed by atoms with E-state index in [0.29, 0.717) is 35.1 Å². The van der Waals surface area contributed by atoms with Gasteiger partial charge in [0.15, 0.2) is 0 Å². The fraction of sp³-hybridized carbons (Fsp3) is 0.700. The van der Waals surface area contributed by atoms with Gasteiger partial charge in [0.2, 0.25) is 0 Å². The van der Waals surface area contributed by atoms with Crippen LogP contribution in [0.15, 0.2) is 24.3 Å². The zero-order chi connectivity index (χ0) is 15.4. The molecule has 122 valence electrons. The van der Waals surface area contributed by atoms with E-state index in [1.165, 1.54) is 44.5 Å². The van der Waals surface area contributed by atoms with E-state index < -0.39 is 0 Å². The molecule has 1 aromatic carbocycles. The number of epoxide rings is 1. The van der Waals surface area contributed by atoms with E-state index in [9.17, 15) is 0 Å². The predicted octanol–water partition coefficient (Wildman–Crippen LogP) is 2.79. The SMILES string of the molecule is CC[C@]12CC[C@H]3N(C)c4ccccc4[C@]34CCN(C[C@H]3O[C@H]31)[C@H]24. The smallest absolute Gasteiger partial charge is 0.0974 e. The summed E-state index contributed by atoms with van der Waals surface area (Å²) in [6.45, 7) is 4.86. The van der Waals surface area contributed by atoms with Gasteiger partial charge in [-0.2, -0.15) is 0 Å². The summed E-state index contributed by atoms with van der Waals surface area (Å²) in [4.78, 5) is 5.43. The lowest BCUT2D eigenvalue weighted by molar-refractivity contribution is -0.0240. The van der Waals surface area contributed by atoms with Gasteiger partial charge in [0.1, 0.15) is 0 Å². The first-order valence-corrected chi connectivity index (χ1v) is 9.44. The Labute approximate surface area is 138 Å². The third kappa shape index (κ3) is 1.27. The molecule has 1 aromatic rings. The summed E-state index contributed by atoms with van der Waals surface area (Å²) < 4.78 is 6.20. The van der Waals surface area contributed by atoms with Gasteiger partial charge in [-0.05, 0) is 43.9 Å². The first-order chi connectivity index (χ1) is 11.2. The minimum Gasteiger partial charge on any atom is -0.370 e. The van der Waals surface area contributed by atoms with Crippen molar-refractivity contribution in [2.24, 2.45) is 5.41 Å². The molecule has 1 spiro atoms. The second-order valence-corrected chi connectivity index (χ2v) is 8.55. The summed E-state index contributed by atoms with van der Waals surface area (Å²) in [7, 11) is 2.33. The fourth-order valence-corrected chi connectivity index (χ4v) is 7.37. The van der Waals surface area contributed by atoms with E-state index in [1.807, 2.05) is 0 Å². The van der Waals surface area contributed by atoms with Crippen LogP contribution in [0.2, 0.25) is 0 Å². The van der Waals surface area contributed by atoms with Crippen molar-refractivity contribution in [1.29, 1.82) is 0 Å². The summed E-state index contributed by atoms with van der Waals surface area (Å²) in [5.41, 5.74) is 3.87. The first-order valence-electron chi connectivity index (χ1n) is 9.44. The van der Waals surface area contributed by atoms with Crippen LogP contribution >= 0.6 is 0 Å². The van der Waals surface area contributed by atoms with Gasteiger partial charge in [0.25, 0.3) is 0 Å². The molecule has 0 radical (unpaired) electrons. The van der Waals surface area contributed by atoms with Gasteiger partial charge in [-0.25, -0.2) is 0 Å². The third-order valence-corrected chi connectivity index (χ3v) is 8.16. The Morgan fingerprint density at radius 3 is 3.00 bits per heavy atom. The number of nitrogens with zero attached hydrogens (tertiary/aromatic N) is 2. The number of fused-ring (bicyclic) bond motifs is 3. The van der Waals surface area contributed by atoms with Crippen molar-refractivity contribution in [2.75, 3.05) is 25.0 Å². The molecule has 4 heterocycles. The maximum atomic E-state index is 6.20. The Morgan fingerprint density at radius 1 is 1.26 bits per heavy atom. The highest BCUT2D eigenvalue weighted by atomic mass is 16.6. The predicted molar refractivity (Wildman–Crippen MR) is 90.9 cm³/mol.